The molecule has 6 nitrogen and oxygen atoms in total. The van der Waals surface area contributed by atoms with E-state index in [1.807, 2.05) is 6.07 Å². The SMILES string of the molecule is Cn1cc(-c2cc(S(C)(=O)=O)ccc2NC2CCCCC2)nn1. The van der Waals surface area contributed by atoms with Crippen LogP contribution in [0.3, 0.4) is 0 Å². The molecule has 0 bridgehead atoms. The van der Waals surface area contributed by atoms with Gasteiger partial charge in [-0.3, -0.25) is 4.68 Å². The number of hydrogen-bond acceptors (Lipinski definition) is 5. The molecular weight excluding hydrogens is 312 g/mol. The Morgan fingerprint density at radius 3 is 2.57 bits per heavy atom. The quantitative estimate of drug-likeness (QED) is 0.930. The molecule has 1 fully saturated rings. The average Bonchev–Trinajstić information content (AvgIpc) is 2.94. The molecule has 0 amide bonds. The first kappa shape index (κ1) is 16.0. The molecule has 23 heavy (non-hydrogen) atoms. The van der Waals surface area contributed by atoms with Gasteiger partial charge in [-0.15, -0.1) is 5.10 Å². The van der Waals surface area contributed by atoms with Gasteiger partial charge in [0.05, 0.1) is 11.1 Å². The molecule has 3 rings (SSSR count). The molecule has 0 spiro atoms. The molecule has 1 N–H and O–H groups in total. The number of nitrogens with one attached hydrogen (secondary N) is 1. The highest BCUT2D eigenvalue weighted by molar-refractivity contribution is 7.90. The normalized spacial score (nSPS) is 16.4. The molecule has 1 aromatic heterocycles. The third kappa shape index (κ3) is 3.72. The van der Waals surface area contributed by atoms with Crippen molar-refractivity contribution in [3.8, 4) is 11.3 Å². The zero-order chi connectivity index (χ0) is 16.4. The van der Waals surface area contributed by atoms with E-state index in [4.69, 9.17) is 0 Å². The van der Waals surface area contributed by atoms with Gasteiger partial charge in [0.1, 0.15) is 5.69 Å². The van der Waals surface area contributed by atoms with Crippen LogP contribution in [0.5, 0.6) is 0 Å². The number of hydrogen-bond donors (Lipinski definition) is 1. The van der Waals surface area contributed by atoms with Crippen LogP contribution < -0.4 is 5.32 Å². The van der Waals surface area contributed by atoms with Gasteiger partial charge in [0.25, 0.3) is 0 Å². The van der Waals surface area contributed by atoms with Crippen LogP contribution in [0.15, 0.2) is 29.3 Å². The lowest BCUT2D eigenvalue weighted by molar-refractivity contribution is 0.463. The standard InChI is InChI=1S/C16H22N4O2S/c1-20-11-16(18-19-20)14-10-13(23(2,21)22)8-9-15(14)17-12-6-4-3-5-7-12/h8-12,17H,3-7H2,1-2H3. The Morgan fingerprint density at radius 1 is 1.22 bits per heavy atom. The van der Waals surface area contributed by atoms with Gasteiger partial charge in [-0.1, -0.05) is 24.5 Å². The number of rotatable bonds is 4. The first-order valence-electron chi connectivity index (χ1n) is 7.91. The van der Waals surface area contributed by atoms with Crippen molar-refractivity contribution < 1.29 is 8.42 Å². The van der Waals surface area contributed by atoms with Gasteiger partial charge < -0.3 is 5.32 Å². The summed E-state index contributed by atoms with van der Waals surface area (Å²) in [6, 6.07) is 5.61. The summed E-state index contributed by atoms with van der Waals surface area (Å²) in [4.78, 5) is 0.298. The van der Waals surface area contributed by atoms with Crippen LogP contribution >= 0.6 is 0 Å². The molecule has 0 unspecified atom stereocenters. The largest absolute Gasteiger partial charge is 0.382 e. The molecule has 7 heteroatoms. The van der Waals surface area contributed by atoms with Crippen LogP contribution in [-0.2, 0) is 16.9 Å². The molecule has 1 saturated carbocycles. The van der Waals surface area contributed by atoms with E-state index in [1.165, 1.54) is 25.5 Å². The summed E-state index contributed by atoms with van der Waals surface area (Å²) in [7, 11) is -1.46. The zero-order valence-electron chi connectivity index (χ0n) is 13.5. The summed E-state index contributed by atoms with van der Waals surface area (Å²) in [5.41, 5.74) is 2.38. The van der Waals surface area contributed by atoms with Crippen molar-refractivity contribution in [1.82, 2.24) is 15.0 Å². The van der Waals surface area contributed by atoms with Crippen molar-refractivity contribution in [2.24, 2.45) is 7.05 Å². The van der Waals surface area contributed by atoms with Gasteiger partial charge in [0.2, 0.25) is 0 Å². The van der Waals surface area contributed by atoms with E-state index in [2.05, 4.69) is 15.6 Å². The van der Waals surface area contributed by atoms with Gasteiger partial charge in [0.15, 0.2) is 9.84 Å². The fourth-order valence-corrected chi connectivity index (χ4v) is 3.68. The Balaban J connectivity index is 2.00. The maximum atomic E-state index is 11.9. The van der Waals surface area contributed by atoms with Crippen molar-refractivity contribution in [2.75, 3.05) is 11.6 Å². The van der Waals surface area contributed by atoms with Crippen molar-refractivity contribution in [1.29, 1.82) is 0 Å². The van der Waals surface area contributed by atoms with Crippen LogP contribution in [0.4, 0.5) is 5.69 Å². The van der Waals surface area contributed by atoms with E-state index >= 15 is 0 Å². The summed E-state index contributed by atoms with van der Waals surface area (Å²) in [5.74, 6) is 0. The first-order valence-corrected chi connectivity index (χ1v) is 9.80. The predicted molar refractivity (Wildman–Crippen MR) is 90.0 cm³/mol. The summed E-state index contributed by atoms with van der Waals surface area (Å²) < 4.78 is 25.3. The van der Waals surface area contributed by atoms with Crippen LogP contribution in [0.1, 0.15) is 32.1 Å². The lowest BCUT2D eigenvalue weighted by Crippen LogP contribution is -2.22. The van der Waals surface area contributed by atoms with E-state index in [0.717, 1.165) is 24.1 Å². The molecule has 2 aromatic rings. The fourth-order valence-electron chi connectivity index (χ4n) is 3.03. The van der Waals surface area contributed by atoms with Crippen molar-refractivity contribution >= 4 is 15.5 Å². The zero-order valence-corrected chi connectivity index (χ0v) is 14.3. The lowest BCUT2D eigenvalue weighted by atomic mass is 9.95. The van der Waals surface area contributed by atoms with Gasteiger partial charge in [-0.2, -0.15) is 0 Å². The highest BCUT2D eigenvalue weighted by Crippen LogP contribution is 2.31. The van der Waals surface area contributed by atoms with E-state index in [-0.39, 0.29) is 0 Å². The number of aryl methyl sites for hydroxylation is 1. The molecule has 0 radical (unpaired) electrons. The molecule has 1 aliphatic rings. The Hall–Kier alpha value is -1.89. The second kappa shape index (κ2) is 6.31. The maximum Gasteiger partial charge on any atom is 0.175 e. The van der Waals surface area contributed by atoms with E-state index < -0.39 is 9.84 Å². The number of anilines is 1. The van der Waals surface area contributed by atoms with Gasteiger partial charge in [-0.05, 0) is 31.0 Å². The molecule has 0 aliphatic heterocycles. The Labute approximate surface area is 136 Å². The highest BCUT2D eigenvalue weighted by atomic mass is 32.2. The minimum absolute atomic E-state index is 0.298. The van der Waals surface area contributed by atoms with Crippen LogP contribution in [0.25, 0.3) is 11.3 Å². The van der Waals surface area contributed by atoms with Gasteiger partial charge >= 0.3 is 0 Å². The highest BCUT2D eigenvalue weighted by Gasteiger charge is 2.18. The minimum atomic E-state index is -3.26. The first-order chi connectivity index (χ1) is 10.9. The van der Waals surface area contributed by atoms with Crippen LogP contribution in [0, 0.1) is 0 Å². The van der Waals surface area contributed by atoms with Crippen molar-refractivity contribution in [2.45, 2.75) is 43.0 Å². The van der Waals surface area contributed by atoms with Crippen LogP contribution in [0.2, 0.25) is 0 Å². The smallest absolute Gasteiger partial charge is 0.175 e. The minimum Gasteiger partial charge on any atom is -0.382 e. The molecular formula is C16H22N4O2S. The second-order valence-electron chi connectivity index (χ2n) is 6.24. The average molecular weight is 334 g/mol. The van der Waals surface area contributed by atoms with E-state index in [0.29, 0.717) is 16.6 Å². The van der Waals surface area contributed by atoms with Crippen molar-refractivity contribution in [3.63, 3.8) is 0 Å². The molecule has 0 saturated heterocycles. The Bertz CT molecular complexity index is 792. The number of nitrogens with zero attached hydrogens (tertiary/aromatic N) is 3. The summed E-state index contributed by atoms with van der Waals surface area (Å²) in [5, 5.41) is 11.7. The van der Waals surface area contributed by atoms with E-state index in [9.17, 15) is 8.42 Å². The summed E-state index contributed by atoms with van der Waals surface area (Å²) in [6.07, 6.45) is 9.08. The van der Waals surface area contributed by atoms with Gasteiger partial charge in [-0.25, -0.2) is 8.42 Å². The molecule has 124 valence electrons. The summed E-state index contributed by atoms with van der Waals surface area (Å²) >= 11 is 0. The van der Waals surface area contributed by atoms with E-state index in [1.54, 1.807) is 30.1 Å². The van der Waals surface area contributed by atoms with Crippen molar-refractivity contribution in [3.05, 3.63) is 24.4 Å². The Morgan fingerprint density at radius 2 is 1.96 bits per heavy atom. The molecule has 1 heterocycles. The second-order valence-corrected chi connectivity index (χ2v) is 8.25. The topological polar surface area (TPSA) is 76.9 Å². The predicted octanol–water partition coefficient (Wildman–Crippen LogP) is 2.63. The number of benzene rings is 1. The number of sulfone groups is 1. The third-order valence-electron chi connectivity index (χ3n) is 4.26. The molecule has 0 atom stereocenters. The van der Waals surface area contributed by atoms with Crippen LogP contribution in [-0.4, -0.2) is 35.7 Å². The third-order valence-corrected chi connectivity index (χ3v) is 5.37. The lowest BCUT2D eigenvalue weighted by Gasteiger charge is -2.25. The molecule has 1 aromatic carbocycles. The molecule has 1 aliphatic carbocycles. The summed E-state index contributed by atoms with van der Waals surface area (Å²) in [6.45, 7) is 0. The Kier molecular flexibility index (Phi) is 4.39. The maximum absolute atomic E-state index is 11.9. The monoisotopic (exact) mass is 334 g/mol. The fraction of sp³-hybridized carbons (Fsp3) is 0.500. The van der Waals surface area contributed by atoms with Gasteiger partial charge in [0, 0.05) is 30.6 Å². The number of aromatic nitrogens is 3.